The predicted molar refractivity (Wildman–Crippen MR) is 94.0 cm³/mol. The lowest BCUT2D eigenvalue weighted by Gasteiger charge is -2.30. The van der Waals surface area contributed by atoms with Crippen LogP contribution in [0.3, 0.4) is 0 Å². The summed E-state index contributed by atoms with van der Waals surface area (Å²) in [5.74, 6) is 0.645. The Morgan fingerprint density at radius 2 is 2.12 bits per heavy atom. The first-order chi connectivity index (χ1) is 11.5. The van der Waals surface area contributed by atoms with Crippen molar-refractivity contribution in [2.75, 3.05) is 25.1 Å². The number of hydrogen-bond acceptors (Lipinski definition) is 4. The fraction of sp³-hybridized carbons (Fsp3) is 0.556. The summed E-state index contributed by atoms with van der Waals surface area (Å²) in [4.78, 5) is 26.6. The Morgan fingerprint density at radius 3 is 2.71 bits per heavy atom. The number of anilines is 1. The van der Waals surface area contributed by atoms with E-state index in [1.807, 2.05) is 38.1 Å². The van der Waals surface area contributed by atoms with E-state index in [1.165, 1.54) is 0 Å². The number of carbonyl (C=O) groups excluding carboxylic acids is 2. The summed E-state index contributed by atoms with van der Waals surface area (Å²) < 4.78 is 5.21. The van der Waals surface area contributed by atoms with Crippen LogP contribution >= 0.6 is 0 Å². The summed E-state index contributed by atoms with van der Waals surface area (Å²) in [6, 6.07) is 7.18. The number of nitrogens with one attached hydrogen (secondary N) is 1. The van der Waals surface area contributed by atoms with Crippen LogP contribution < -0.4 is 20.7 Å². The van der Waals surface area contributed by atoms with Crippen LogP contribution in [0.4, 0.5) is 5.69 Å². The number of methoxy groups -OCH3 is 1. The number of ether oxygens (including phenoxy) is 1. The van der Waals surface area contributed by atoms with Crippen LogP contribution in [-0.2, 0) is 9.59 Å². The van der Waals surface area contributed by atoms with Gasteiger partial charge in [0.15, 0.2) is 0 Å². The summed E-state index contributed by atoms with van der Waals surface area (Å²) in [5.41, 5.74) is 6.06. The van der Waals surface area contributed by atoms with Gasteiger partial charge < -0.3 is 20.7 Å². The molecule has 2 amide bonds. The van der Waals surface area contributed by atoms with Crippen LogP contribution in [0.15, 0.2) is 24.3 Å². The Labute approximate surface area is 143 Å². The van der Waals surface area contributed by atoms with Crippen molar-refractivity contribution in [2.45, 2.75) is 39.2 Å². The van der Waals surface area contributed by atoms with Crippen molar-refractivity contribution in [1.29, 1.82) is 0 Å². The third-order valence-electron chi connectivity index (χ3n) is 5.05. The summed E-state index contributed by atoms with van der Waals surface area (Å²) >= 11 is 0. The van der Waals surface area contributed by atoms with Gasteiger partial charge in [-0.3, -0.25) is 9.59 Å². The monoisotopic (exact) mass is 333 g/mol. The summed E-state index contributed by atoms with van der Waals surface area (Å²) in [5, 5.41) is 3.02. The Hall–Kier alpha value is -2.08. The van der Waals surface area contributed by atoms with Gasteiger partial charge in [0.05, 0.1) is 18.6 Å². The molecule has 1 aliphatic rings. The van der Waals surface area contributed by atoms with Crippen molar-refractivity contribution >= 4 is 17.5 Å². The maximum absolute atomic E-state index is 12.6. The van der Waals surface area contributed by atoms with E-state index < -0.39 is 5.41 Å². The molecule has 0 aliphatic carbocycles. The standard InChI is InChI=1S/C18H27N3O3/c1-4-18(5-2,12-19)17(23)20-13-9-16(22)21(11-13)14-7-6-8-15(10-14)24-3/h6-8,10,13H,4-5,9,11-12,19H2,1-3H3,(H,20,23). The molecule has 0 bridgehead atoms. The minimum absolute atomic E-state index is 0.0000940. The minimum atomic E-state index is -0.549. The lowest BCUT2D eigenvalue weighted by molar-refractivity contribution is -0.131. The first kappa shape index (κ1) is 18.3. The van der Waals surface area contributed by atoms with E-state index in [1.54, 1.807) is 12.0 Å². The van der Waals surface area contributed by atoms with Gasteiger partial charge in [-0.25, -0.2) is 0 Å². The van der Waals surface area contributed by atoms with E-state index in [9.17, 15) is 9.59 Å². The van der Waals surface area contributed by atoms with Gasteiger partial charge in [-0.2, -0.15) is 0 Å². The van der Waals surface area contributed by atoms with Crippen LogP contribution in [0.1, 0.15) is 33.1 Å². The van der Waals surface area contributed by atoms with Gasteiger partial charge in [-0.1, -0.05) is 19.9 Å². The number of carbonyl (C=O) groups is 2. The Morgan fingerprint density at radius 1 is 1.42 bits per heavy atom. The van der Waals surface area contributed by atoms with Crippen LogP contribution in [0.25, 0.3) is 0 Å². The first-order valence-electron chi connectivity index (χ1n) is 8.45. The Kier molecular flexibility index (Phi) is 5.83. The van der Waals surface area contributed by atoms with Crippen molar-refractivity contribution in [1.82, 2.24) is 5.32 Å². The first-order valence-corrected chi connectivity index (χ1v) is 8.45. The zero-order chi connectivity index (χ0) is 17.7. The van der Waals surface area contributed by atoms with Crippen molar-refractivity contribution in [3.8, 4) is 5.75 Å². The minimum Gasteiger partial charge on any atom is -0.497 e. The second-order valence-corrected chi connectivity index (χ2v) is 6.27. The Balaban J connectivity index is 2.08. The van der Waals surface area contributed by atoms with Crippen molar-refractivity contribution in [2.24, 2.45) is 11.1 Å². The summed E-state index contributed by atoms with van der Waals surface area (Å²) in [6.07, 6.45) is 1.68. The molecule has 1 saturated heterocycles. The van der Waals surface area contributed by atoms with Gasteiger partial charge in [-0.05, 0) is 25.0 Å². The molecule has 132 valence electrons. The summed E-state index contributed by atoms with van der Waals surface area (Å²) in [7, 11) is 1.59. The normalized spacial score (nSPS) is 17.9. The fourth-order valence-electron chi connectivity index (χ4n) is 3.12. The zero-order valence-corrected chi connectivity index (χ0v) is 14.7. The molecule has 0 spiro atoms. The van der Waals surface area contributed by atoms with Gasteiger partial charge in [-0.15, -0.1) is 0 Å². The number of nitrogens with two attached hydrogens (primary N) is 1. The second-order valence-electron chi connectivity index (χ2n) is 6.27. The highest BCUT2D eigenvalue weighted by Gasteiger charge is 2.38. The van der Waals surface area contributed by atoms with E-state index in [0.717, 1.165) is 5.69 Å². The van der Waals surface area contributed by atoms with Gasteiger partial charge in [0, 0.05) is 31.3 Å². The molecule has 24 heavy (non-hydrogen) atoms. The molecule has 1 heterocycles. The molecule has 3 N–H and O–H groups in total. The molecular formula is C18H27N3O3. The largest absolute Gasteiger partial charge is 0.497 e. The lowest BCUT2D eigenvalue weighted by Crippen LogP contribution is -2.49. The molecule has 1 fully saturated rings. The van der Waals surface area contributed by atoms with Gasteiger partial charge >= 0.3 is 0 Å². The zero-order valence-electron chi connectivity index (χ0n) is 14.7. The molecular weight excluding hydrogens is 306 g/mol. The van der Waals surface area contributed by atoms with Crippen LogP contribution in [0, 0.1) is 5.41 Å². The number of hydrogen-bond donors (Lipinski definition) is 2. The molecule has 0 saturated carbocycles. The van der Waals surface area contributed by atoms with Crippen LogP contribution in [0.2, 0.25) is 0 Å². The molecule has 6 nitrogen and oxygen atoms in total. The van der Waals surface area contributed by atoms with Crippen molar-refractivity contribution < 1.29 is 14.3 Å². The van der Waals surface area contributed by atoms with Gasteiger partial charge in [0.25, 0.3) is 0 Å². The highest BCUT2D eigenvalue weighted by Crippen LogP contribution is 2.28. The smallest absolute Gasteiger partial charge is 0.229 e. The molecule has 1 aliphatic heterocycles. The lowest BCUT2D eigenvalue weighted by atomic mass is 9.81. The van der Waals surface area contributed by atoms with E-state index >= 15 is 0 Å². The molecule has 0 aromatic heterocycles. The topological polar surface area (TPSA) is 84.7 Å². The van der Waals surface area contributed by atoms with Gasteiger partial charge in [0.2, 0.25) is 11.8 Å². The fourth-order valence-corrected chi connectivity index (χ4v) is 3.12. The molecule has 1 unspecified atom stereocenters. The third-order valence-corrected chi connectivity index (χ3v) is 5.05. The maximum atomic E-state index is 12.6. The van der Waals surface area contributed by atoms with Gasteiger partial charge in [0.1, 0.15) is 5.75 Å². The number of nitrogens with zero attached hydrogens (tertiary/aromatic N) is 1. The highest BCUT2D eigenvalue weighted by molar-refractivity contribution is 5.97. The average molecular weight is 333 g/mol. The molecule has 1 aromatic rings. The Bertz CT molecular complexity index is 591. The summed E-state index contributed by atoms with van der Waals surface area (Å²) in [6.45, 7) is 4.72. The van der Waals surface area contributed by atoms with E-state index in [4.69, 9.17) is 10.5 Å². The maximum Gasteiger partial charge on any atom is 0.229 e. The second kappa shape index (κ2) is 7.66. The molecule has 0 radical (unpaired) electrons. The van der Waals surface area contributed by atoms with E-state index in [2.05, 4.69) is 5.32 Å². The molecule has 1 aromatic carbocycles. The third kappa shape index (κ3) is 3.53. The van der Waals surface area contributed by atoms with E-state index in [0.29, 0.717) is 38.1 Å². The number of rotatable bonds is 7. The SMILES string of the molecule is CCC(CC)(CN)C(=O)NC1CC(=O)N(c2cccc(OC)c2)C1. The number of benzene rings is 1. The molecule has 6 heteroatoms. The predicted octanol–water partition coefficient (Wildman–Crippen LogP) is 1.68. The molecule has 1 atom stereocenters. The number of amides is 2. The van der Waals surface area contributed by atoms with Crippen LogP contribution in [-0.4, -0.2) is 38.1 Å². The van der Waals surface area contributed by atoms with E-state index in [-0.39, 0.29) is 17.9 Å². The highest BCUT2D eigenvalue weighted by atomic mass is 16.5. The van der Waals surface area contributed by atoms with Crippen LogP contribution in [0.5, 0.6) is 5.75 Å². The quantitative estimate of drug-likeness (QED) is 0.795. The van der Waals surface area contributed by atoms with Crippen molar-refractivity contribution in [3.63, 3.8) is 0 Å². The molecule has 2 rings (SSSR count). The van der Waals surface area contributed by atoms with Crippen molar-refractivity contribution in [3.05, 3.63) is 24.3 Å². The average Bonchev–Trinajstić information content (AvgIpc) is 2.97.